The fourth-order valence-corrected chi connectivity index (χ4v) is 0.646. The third-order valence-corrected chi connectivity index (χ3v) is 1.35. The number of hydrogen-bond donors (Lipinski definition) is 1. The van der Waals surface area contributed by atoms with Crippen molar-refractivity contribution in [1.29, 1.82) is 0 Å². The molecule has 2 N–H and O–H groups in total. The highest BCUT2D eigenvalue weighted by atomic mass is 14.5. The summed E-state index contributed by atoms with van der Waals surface area (Å²) >= 11 is 0. The molecule has 10 heavy (non-hydrogen) atoms. The standard InChI is InChI=1S/C9H15N/c1-4-9(5-2)6-8(3)7-10/h4,6-7H,1,5,10H2,2-3H3/b8-7-,9-6+. The fraction of sp³-hybridized carbons (Fsp3) is 0.333. The Bertz CT molecular complexity index is 164. The first-order chi connectivity index (χ1) is 4.74. The maximum Gasteiger partial charge on any atom is -0.00324 e. The lowest BCUT2D eigenvalue weighted by atomic mass is 10.1. The van der Waals surface area contributed by atoms with Crippen LogP contribution < -0.4 is 5.73 Å². The minimum atomic E-state index is 1.01. The van der Waals surface area contributed by atoms with Gasteiger partial charge >= 0.3 is 0 Å². The van der Waals surface area contributed by atoms with E-state index >= 15 is 0 Å². The third kappa shape index (κ3) is 3.13. The van der Waals surface area contributed by atoms with E-state index in [4.69, 9.17) is 5.73 Å². The van der Waals surface area contributed by atoms with Gasteiger partial charge in [-0.3, -0.25) is 0 Å². The monoisotopic (exact) mass is 137 g/mol. The van der Waals surface area contributed by atoms with Crippen LogP contribution in [0.15, 0.2) is 36.1 Å². The average Bonchev–Trinajstić information content (AvgIpc) is 1.99. The van der Waals surface area contributed by atoms with Crippen LogP contribution in [-0.2, 0) is 0 Å². The smallest absolute Gasteiger partial charge is 0.00324 e. The molecule has 1 nitrogen and oxygen atoms in total. The zero-order chi connectivity index (χ0) is 7.98. The van der Waals surface area contributed by atoms with E-state index < -0.39 is 0 Å². The average molecular weight is 137 g/mol. The molecule has 0 saturated heterocycles. The van der Waals surface area contributed by atoms with Crippen LogP contribution in [0.5, 0.6) is 0 Å². The Balaban J connectivity index is 4.24. The Hall–Kier alpha value is -0.980. The van der Waals surface area contributed by atoms with Crippen molar-refractivity contribution in [2.75, 3.05) is 0 Å². The Kier molecular flexibility index (Phi) is 4.38. The van der Waals surface area contributed by atoms with Crippen molar-refractivity contribution in [2.45, 2.75) is 20.3 Å². The molecule has 0 aliphatic rings. The molecule has 56 valence electrons. The Labute approximate surface area is 62.9 Å². The molecule has 0 amide bonds. The summed E-state index contributed by atoms with van der Waals surface area (Å²) in [4.78, 5) is 0. The minimum absolute atomic E-state index is 1.01. The van der Waals surface area contributed by atoms with Crippen LogP contribution in [0.1, 0.15) is 20.3 Å². The summed E-state index contributed by atoms with van der Waals surface area (Å²) in [6.07, 6.45) is 6.49. The van der Waals surface area contributed by atoms with Crippen molar-refractivity contribution in [3.63, 3.8) is 0 Å². The number of nitrogens with two attached hydrogens (primary N) is 1. The highest BCUT2D eigenvalue weighted by molar-refractivity contribution is 5.26. The first-order valence-corrected chi connectivity index (χ1v) is 3.46. The van der Waals surface area contributed by atoms with Crippen LogP contribution in [-0.4, -0.2) is 0 Å². The van der Waals surface area contributed by atoms with Gasteiger partial charge in [0.2, 0.25) is 0 Å². The van der Waals surface area contributed by atoms with Gasteiger partial charge in [-0.25, -0.2) is 0 Å². The molecule has 0 atom stereocenters. The lowest BCUT2D eigenvalue weighted by Crippen LogP contribution is -1.82. The molecule has 0 spiro atoms. The zero-order valence-electron chi connectivity index (χ0n) is 6.72. The second kappa shape index (κ2) is 4.86. The summed E-state index contributed by atoms with van der Waals surface area (Å²) in [5.74, 6) is 0. The van der Waals surface area contributed by atoms with Crippen molar-refractivity contribution < 1.29 is 0 Å². The molecule has 0 heterocycles. The highest BCUT2D eigenvalue weighted by Gasteiger charge is 1.85. The second-order valence-electron chi connectivity index (χ2n) is 2.19. The quantitative estimate of drug-likeness (QED) is 0.594. The first-order valence-electron chi connectivity index (χ1n) is 3.46. The molecule has 0 saturated carbocycles. The third-order valence-electron chi connectivity index (χ3n) is 1.35. The summed E-state index contributed by atoms with van der Waals surface area (Å²) in [6.45, 7) is 7.75. The van der Waals surface area contributed by atoms with Crippen molar-refractivity contribution >= 4 is 0 Å². The van der Waals surface area contributed by atoms with Crippen LogP contribution >= 0.6 is 0 Å². The highest BCUT2D eigenvalue weighted by Crippen LogP contribution is 2.05. The molecular formula is C9H15N. The van der Waals surface area contributed by atoms with Crippen molar-refractivity contribution in [1.82, 2.24) is 0 Å². The van der Waals surface area contributed by atoms with Gasteiger partial charge in [-0.15, -0.1) is 0 Å². The first kappa shape index (κ1) is 9.02. The van der Waals surface area contributed by atoms with Crippen LogP contribution in [0.3, 0.4) is 0 Å². The largest absolute Gasteiger partial charge is 0.404 e. The van der Waals surface area contributed by atoms with E-state index in [0.29, 0.717) is 0 Å². The summed E-state index contributed by atoms with van der Waals surface area (Å²) in [6, 6.07) is 0. The van der Waals surface area contributed by atoms with Gasteiger partial charge in [-0.1, -0.05) is 25.7 Å². The molecule has 0 unspecified atom stereocenters. The van der Waals surface area contributed by atoms with Crippen LogP contribution in [0.4, 0.5) is 0 Å². The summed E-state index contributed by atoms with van der Waals surface area (Å²) < 4.78 is 0. The Morgan fingerprint density at radius 1 is 1.60 bits per heavy atom. The van der Waals surface area contributed by atoms with E-state index in [1.807, 2.05) is 19.1 Å². The van der Waals surface area contributed by atoms with Gasteiger partial charge in [0, 0.05) is 0 Å². The summed E-state index contributed by atoms with van der Waals surface area (Å²) in [5.41, 5.74) is 7.59. The minimum Gasteiger partial charge on any atom is -0.404 e. The molecular weight excluding hydrogens is 122 g/mol. The van der Waals surface area contributed by atoms with E-state index in [1.54, 1.807) is 6.20 Å². The van der Waals surface area contributed by atoms with Gasteiger partial charge in [0.05, 0.1) is 0 Å². The lowest BCUT2D eigenvalue weighted by molar-refractivity contribution is 1.14. The van der Waals surface area contributed by atoms with Gasteiger partial charge in [-0.2, -0.15) is 0 Å². The molecule has 0 bridgehead atoms. The van der Waals surface area contributed by atoms with Gasteiger partial charge in [0.1, 0.15) is 0 Å². The van der Waals surface area contributed by atoms with Crippen LogP contribution in [0, 0.1) is 0 Å². The summed E-state index contributed by atoms with van der Waals surface area (Å²) in [7, 11) is 0. The van der Waals surface area contributed by atoms with Gasteiger partial charge in [0.25, 0.3) is 0 Å². The van der Waals surface area contributed by atoms with E-state index in [-0.39, 0.29) is 0 Å². The lowest BCUT2D eigenvalue weighted by Gasteiger charge is -1.95. The van der Waals surface area contributed by atoms with E-state index in [9.17, 15) is 0 Å². The normalized spacial score (nSPS) is 13.4. The molecule has 1 heteroatoms. The predicted octanol–water partition coefficient (Wildman–Crippen LogP) is 2.37. The second-order valence-corrected chi connectivity index (χ2v) is 2.19. The molecule has 0 aliphatic carbocycles. The molecule has 0 radical (unpaired) electrons. The zero-order valence-corrected chi connectivity index (χ0v) is 6.72. The SMILES string of the molecule is C=C/C(=C\C(C)=C/N)CC. The van der Waals surface area contributed by atoms with Crippen molar-refractivity contribution in [3.05, 3.63) is 36.1 Å². The van der Waals surface area contributed by atoms with Crippen LogP contribution in [0.25, 0.3) is 0 Å². The number of hydrogen-bond acceptors (Lipinski definition) is 1. The fourth-order valence-electron chi connectivity index (χ4n) is 0.646. The van der Waals surface area contributed by atoms with E-state index in [2.05, 4.69) is 13.5 Å². The molecule has 0 rings (SSSR count). The Morgan fingerprint density at radius 3 is 2.50 bits per heavy atom. The number of rotatable bonds is 3. The maximum absolute atomic E-state index is 5.29. The van der Waals surface area contributed by atoms with Gasteiger partial charge < -0.3 is 5.73 Å². The van der Waals surface area contributed by atoms with Crippen LogP contribution in [0.2, 0.25) is 0 Å². The van der Waals surface area contributed by atoms with E-state index in [0.717, 1.165) is 12.0 Å². The van der Waals surface area contributed by atoms with Crippen molar-refractivity contribution in [3.8, 4) is 0 Å². The summed E-state index contributed by atoms with van der Waals surface area (Å²) in [5, 5.41) is 0. The number of allylic oxidation sites excluding steroid dienone is 4. The Morgan fingerprint density at radius 2 is 2.20 bits per heavy atom. The molecule has 0 aromatic heterocycles. The molecule has 0 aromatic carbocycles. The predicted molar refractivity (Wildman–Crippen MR) is 46.5 cm³/mol. The van der Waals surface area contributed by atoms with E-state index in [1.165, 1.54) is 5.57 Å². The van der Waals surface area contributed by atoms with Gasteiger partial charge in [0.15, 0.2) is 0 Å². The van der Waals surface area contributed by atoms with Gasteiger partial charge in [-0.05, 0) is 30.7 Å². The maximum atomic E-state index is 5.29. The van der Waals surface area contributed by atoms with Crippen molar-refractivity contribution in [2.24, 2.45) is 5.73 Å². The molecule has 0 aromatic rings. The molecule has 0 aliphatic heterocycles. The topological polar surface area (TPSA) is 26.0 Å². The molecule has 0 fully saturated rings.